The highest BCUT2D eigenvalue weighted by Gasteiger charge is 2.43. The van der Waals surface area contributed by atoms with Gasteiger partial charge in [-0.1, -0.05) is 92.2 Å². The number of hydrogen-bond donors (Lipinski definition) is 0. The van der Waals surface area contributed by atoms with Gasteiger partial charge < -0.3 is 8.85 Å². The summed E-state index contributed by atoms with van der Waals surface area (Å²) in [5.74, 6) is -0.572. The number of carbonyl (C=O) groups excluding carboxylic acids is 2. The van der Waals surface area contributed by atoms with Gasteiger partial charge in [0.25, 0.3) is 16.6 Å². The second-order valence-electron chi connectivity index (χ2n) is 8.53. The Bertz CT molecular complexity index is 457. The van der Waals surface area contributed by atoms with Crippen LogP contribution in [0, 0.1) is 0 Å². The third-order valence-electron chi connectivity index (χ3n) is 5.95. The summed E-state index contributed by atoms with van der Waals surface area (Å²) in [5, 5.41) is 0. The molecule has 0 fully saturated rings. The van der Waals surface area contributed by atoms with Gasteiger partial charge in [0.15, 0.2) is 0 Å². The molecule has 30 heavy (non-hydrogen) atoms. The monoisotopic (exact) mass is 454 g/mol. The van der Waals surface area contributed by atoms with Gasteiger partial charge >= 0.3 is 11.9 Å². The third kappa shape index (κ3) is 11.3. The van der Waals surface area contributed by atoms with E-state index >= 15 is 0 Å². The summed E-state index contributed by atoms with van der Waals surface area (Å²) < 4.78 is 12.3. The zero-order valence-electron chi connectivity index (χ0n) is 20.1. The molecule has 174 valence electrons. The molecular formula is C24H46O4Si2. The molecule has 0 saturated heterocycles. The number of carbonyl (C=O) groups is 2. The minimum atomic E-state index is -2.27. The highest BCUT2D eigenvalue weighted by molar-refractivity contribution is 6.80. The number of hydrogen-bond acceptors (Lipinski definition) is 4. The lowest BCUT2D eigenvalue weighted by molar-refractivity contribution is -0.131. The summed E-state index contributed by atoms with van der Waals surface area (Å²) >= 11 is 0. The maximum absolute atomic E-state index is 12.3. The number of rotatable bonds is 19. The van der Waals surface area contributed by atoms with Gasteiger partial charge in [0.2, 0.25) is 0 Å². The van der Waals surface area contributed by atoms with Crippen molar-refractivity contribution in [3.63, 3.8) is 0 Å². The van der Waals surface area contributed by atoms with Gasteiger partial charge in [-0.3, -0.25) is 0 Å². The fraction of sp³-hybridized carbons (Fsp3) is 0.750. The Balaban J connectivity index is 5.82. The van der Waals surface area contributed by atoms with Crippen molar-refractivity contribution in [3.05, 3.63) is 25.3 Å². The molecule has 0 saturated carbocycles. The van der Waals surface area contributed by atoms with Gasteiger partial charge in [-0.15, -0.1) is 0 Å². The van der Waals surface area contributed by atoms with E-state index in [1.165, 1.54) is 12.2 Å². The summed E-state index contributed by atoms with van der Waals surface area (Å²) in [7, 11) is -4.55. The molecule has 0 aliphatic heterocycles. The van der Waals surface area contributed by atoms with Crippen LogP contribution in [0.25, 0.3) is 0 Å². The van der Waals surface area contributed by atoms with Gasteiger partial charge in [0.1, 0.15) is 0 Å². The molecule has 0 atom stereocenters. The first kappa shape index (κ1) is 28.9. The van der Waals surface area contributed by atoms with Crippen molar-refractivity contribution in [2.75, 3.05) is 0 Å². The Kier molecular flexibility index (Phi) is 15.9. The van der Waals surface area contributed by atoms with Crippen molar-refractivity contribution in [2.24, 2.45) is 0 Å². The first-order valence-corrected chi connectivity index (χ1v) is 17.1. The van der Waals surface area contributed by atoms with E-state index in [1.807, 2.05) is 0 Å². The largest absolute Gasteiger partial charge is 0.516 e. The highest BCUT2D eigenvalue weighted by Crippen LogP contribution is 2.36. The van der Waals surface area contributed by atoms with E-state index in [4.69, 9.17) is 8.85 Å². The SMILES string of the molecule is C=CC(=O)O[Si](CCCC)(CCCC)CC[Si](CCCC)(CCCC)OC(=O)C=C. The van der Waals surface area contributed by atoms with E-state index in [9.17, 15) is 9.59 Å². The van der Waals surface area contributed by atoms with Crippen molar-refractivity contribution in [3.8, 4) is 0 Å². The Morgan fingerprint density at radius 1 is 0.600 bits per heavy atom. The molecular weight excluding hydrogens is 408 g/mol. The average Bonchev–Trinajstić information content (AvgIpc) is 2.76. The van der Waals surface area contributed by atoms with Crippen LogP contribution in [0.5, 0.6) is 0 Å². The Morgan fingerprint density at radius 3 is 1.07 bits per heavy atom. The molecule has 0 aromatic rings. The van der Waals surface area contributed by atoms with E-state index < -0.39 is 16.6 Å². The minimum Gasteiger partial charge on any atom is -0.516 e. The summed E-state index contributed by atoms with van der Waals surface area (Å²) in [6, 6.07) is 5.76. The van der Waals surface area contributed by atoms with Crippen molar-refractivity contribution in [1.82, 2.24) is 0 Å². The summed E-state index contributed by atoms with van der Waals surface area (Å²) in [4.78, 5) is 24.5. The average molecular weight is 455 g/mol. The Labute approximate surface area is 187 Å². The predicted octanol–water partition coefficient (Wildman–Crippen LogP) is 7.54. The fourth-order valence-corrected chi connectivity index (χ4v) is 14.8. The molecule has 4 nitrogen and oxygen atoms in total. The van der Waals surface area contributed by atoms with Crippen LogP contribution in [0.3, 0.4) is 0 Å². The van der Waals surface area contributed by atoms with E-state index in [2.05, 4.69) is 40.9 Å². The molecule has 0 aromatic carbocycles. The summed E-state index contributed by atoms with van der Waals surface area (Å²) in [6.07, 6.45) is 11.3. The summed E-state index contributed by atoms with van der Waals surface area (Å²) in [6.45, 7) is 16.0. The van der Waals surface area contributed by atoms with Gasteiger partial charge in [0.05, 0.1) is 0 Å². The maximum Gasteiger partial charge on any atom is 0.316 e. The number of unbranched alkanes of at least 4 members (excludes halogenated alkanes) is 4. The third-order valence-corrected chi connectivity index (χ3v) is 15.1. The first-order valence-electron chi connectivity index (χ1n) is 12.1. The Morgan fingerprint density at radius 2 is 0.867 bits per heavy atom. The van der Waals surface area contributed by atoms with Crippen molar-refractivity contribution in [2.45, 2.75) is 115 Å². The molecule has 0 aromatic heterocycles. The second-order valence-corrected chi connectivity index (χ2v) is 16.7. The van der Waals surface area contributed by atoms with Crippen molar-refractivity contribution < 1.29 is 18.4 Å². The second kappa shape index (κ2) is 16.5. The van der Waals surface area contributed by atoms with E-state index in [-0.39, 0.29) is 11.9 Å². The quantitative estimate of drug-likeness (QED) is 0.149. The zero-order chi connectivity index (χ0) is 22.9. The van der Waals surface area contributed by atoms with Crippen LogP contribution >= 0.6 is 0 Å². The molecule has 0 aliphatic carbocycles. The first-order chi connectivity index (χ1) is 14.4. The molecule has 0 radical (unpaired) electrons. The molecule has 0 amide bonds. The predicted molar refractivity (Wildman–Crippen MR) is 133 cm³/mol. The molecule has 0 bridgehead atoms. The van der Waals surface area contributed by atoms with E-state index in [1.54, 1.807) is 0 Å². The van der Waals surface area contributed by atoms with Crippen LogP contribution in [-0.2, 0) is 18.4 Å². The zero-order valence-corrected chi connectivity index (χ0v) is 22.1. The van der Waals surface area contributed by atoms with E-state index in [0.29, 0.717) is 0 Å². The van der Waals surface area contributed by atoms with Crippen LogP contribution in [0.2, 0.25) is 36.3 Å². The lowest BCUT2D eigenvalue weighted by atomic mass is 10.4. The van der Waals surface area contributed by atoms with Crippen LogP contribution in [0.1, 0.15) is 79.1 Å². The molecule has 6 heteroatoms. The van der Waals surface area contributed by atoms with Gasteiger partial charge in [-0.05, 0) is 36.3 Å². The van der Waals surface area contributed by atoms with E-state index in [0.717, 1.165) is 87.6 Å². The minimum absolute atomic E-state index is 0.286. The topological polar surface area (TPSA) is 52.6 Å². The molecule has 0 spiro atoms. The van der Waals surface area contributed by atoms with Gasteiger partial charge in [0, 0.05) is 12.2 Å². The smallest absolute Gasteiger partial charge is 0.316 e. The molecule has 0 rings (SSSR count). The fourth-order valence-electron chi connectivity index (χ4n) is 4.02. The van der Waals surface area contributed by atoms with Crippen LogP contribution < -0.4 is 0 Å². The van der Waals surface area contributed by atoms with Gasteiger partial charge in [-0.25, -0.2) is 9.59 Å². The lowest BCUT2D eigenvalue weighted by Gasteiger charge is -2.36. The standard InChI is InChI=1S/C24H46O4Si2/c1-7-13-17-29(18-14-8-2,27-23(25)11-5)21-22-30(19-15-9-3,20-16-10-4)28-24(26)12-6/h11-12H,5-10,13-22H2,1-4H3. The lowest BCUT2D eigenvalue weighted by Crippen LogP contribution is -2.46. The summed E-state index contributed by atoms with van der Waals surface area (Å²) in [5.41, 5.74) is 0. The van der Waals surface area contributed by atoms with Gasteiger partial charge in [-0.2, -0.15) is 0 Å². The van der Waals surface area contributed by atoms with Crippen LogP contribution in [-0.4, -0.2) is 28.6 Å². The van der Waals surface area contributed by atoms with Crippen LogP contribution in [0.15, 0.2) is 25.3 Å². The molecule has 0 N–H and O–H groups in total. The molecule has 0 heterocycles. The van der Waals surface area contributed by atoms with Crippen molar-refractivity contribution in [1.29, 1.82) is 0 Å². The highest BCUT2D eigenvalue weighted by atomic mass is 28.4. The molecule has 0 aliphatic rings. The van der Waals surface area contributed by atoms with Crippen LogP contribution in [0.4, 0.5) is 0 Å². The Hall–Kier alpha value is -1.15. The van der Waals surface area contributed by atoms with Crippen molar-refractivity contribution >= 4 is 28.6 Å². The molecule has 0 unspecified atom stereocenters. The normalized spacial score (nSPS) is 11.7. The maximum atomic E-state index is 12.3.